The minimum absolute atomic E-state index is 0.124. The van der Waals surface area contributed by atoms with Gasteiger partial charge in [-0.2, -0.15) is 0 Å². The standard InChI is InChI=1S/C13H21O4PS2/c1-4-8-11(14)12-13(20-10-7-9-19-12)18(15,16-5-2)17-6-3/h4,8H,5-7,9-10H2,1-3H3/b8-4+. The molecular weight excluding hydrogens is 315 g/mol. The molecule has 0 aromatic heterocycles. The fourth-order valence-corrected chi connectivity index (χ4v) is 6.81. The first-order valence-corrected chi connectivity index (χ1v) is 10.2. The van der Waals surface area contributed by atoms with Gasteiger partial charge in [-0.25, -0.2) is 0 Å². The van der Waals surface area contributed by atoms with Crippen molar-refractivity contribution >= 4 is 36.9 Å². The minimum atomic E-state index is -3.39. The van der Waals surface area contributed by atoms with Crippen LogP contribution in [0.5, 0.6) is 0 Å². The zero-order valence-corrected chi connectivity index (χ0v) is 14.6. The molecule has 0 saturated carbocycles. The molecule has 0 radical (unpaired) electrons. The molecule has 0 aromatic rings. The van der Waals surface area contributed by atoms with Crippen LogP contribution < -0.4 is 0 Å². The summed E-state index contributed by atoms with van der Waals surface area (Å²) in [5.74, 6) is 1.54. The lowest BCUT2D eigenvalue weighted by atomic mass is 10.3. The van der Waals surface area contributed by atoms with E-state index in [1.54, 1.807) is 26.8 Å². The van der Waals surface area contributed by atoms with Crippen molar-refractivity contribution in [2.45, 2.75) is 27.2 Å². The number of carbonyl (C=O) groups is 1. The Morgan fingerprint density at radius 1 is 1.25 bits per heavy atom. The number of rotatable bonds is 7. The Balaban J connectivity index is 3.26. The van der Waals surface area contributed by atoms with E-state index < -0.39 is 7.60 Å². The van der Waals surface area contributed by atoms with Gasteiger partial charge in [0.2, 0.25) is 0 Å². The summed E-state index contributed by atoms with van der Waals surface area (Å²) in [6.45, 7) is 5.91. The van der Waals surface area contributed by atoms with Gasteiger partial charge in [-0.05, 0) is 44.8 Å². The lowest BCUT2D eigenvalue weighted by Crippen LogP contribution is -2.03. The van der Waals surface area contributed by atoms with Crippen LogP contribution in [0.2, 0.25) is 0 Å². The molecule has 1 aliphatic heterocycles. The molecule has 0 amide bonds. The molecule has 7 heteroatoms. The van der Waals surface area contributed by atoms with Crippen LogP contribution in [0.4, 0.5) is 0 Å². The maximum absolute atomic E-state index is 12.9. The highest BCUT2D eigenvalue weighted by atomic mass is 32.2. The summed E-state index contributed by atoms with van der Waals surface area (Å²) >= 11 is 2.87. The van der Waals surface area contributed by atoms with Crippen molar-refractivity contribution in [1.29, 1.82) is 0 Å². The summed E-state index contributed by atoms with van der Waals surface area (Å²) in [4.78, 5) is 12.7. The molecule has 0 fully saturated rings. The average Bonchev–Trinajstić information content (AvgIpc) is 2.65. The molecule has 0 saturated heterocycles. The van der Waals surface area contributed by atoms with Crippen molar-refractivity contribution in [1.82, 2.24) is 0 Å². The van der Waals surface area contributed by atoms with Gasteiger partial charge < -0.3 is 9.05 Å². The van der Waals surface area contributed by atoms with E-state index in [2.05, 4.69) is 0 Å². The van der Waals surface area contributed by atoms with E-state index in [0.717, 1.165) is 17.9 Å². The van der Waals surface area contributed by atoms with Crippen LogP contribution in [0, 0.1) is 0 Å². The smallest absolute Gasteiger partial charge is 0.305 e. The Bertz CT molecular complexity index is 436. The summed E-state index contributed by atoms with van der Waals surface area (Å²) in [6, 6.07) is 0. The van der Waals surface area contributed by atoms with Gasteiger partial charge in [-0.1, -0.05) is 6.08 Å². The Hall–Kier alpha value is -0.000000000000000222. The summed E-state index contributed by atoms with van der Waals surface area (Å²) in [5.41, 5.74) is 0. The molecule has 0 bridgehead atoms. The number of hydrogen-bond acceptors (Lipinski definition) is 6. The third kappa shape index (κ3) is 4.78. The molecule has 0 N–H and O–H groups in total. The average molecular weight is 336 g/mol. The van der Waals surface area contributed by atoms with Gasteiger partial charge >= 0.3 is 7.60 Å². The van der Waals surface area contributed by atoms with Crippen LogP contribution in [-0.4, -0.2) is 30.5 Å². The van der Waals surface area contributed by atoms with Crippen LogP contribution in [-0.2, 0) is 18.4 Å². The summed E-state index contributed by atoms with van der Waals surface area (Å²) in [6.07, 6.45) is 4.15. The second-order valence-electron chi connectivity index (χ2n) is 3.88. The van der Waals surface area contributed by atoms with Crippen LogP contribution in [0.25, 0.3) is 0 Å². The molecule has 1 heterocycles. The predicted octanol–water partition coefficient (Wildman–Crippen LogP) is 4.44. The molecule has 114 valence electrons. The van der Waals surface area contributed by atoms with Gasteiger partial charge in [0.25, 0.3) is 0 Å². The summed E-state index contributed by atoms with van der Waals surface area (Å²) in [5, 5.41) is 0. The van der Waals surface area contributed by atoms with E-state index in [0.29, 0.717) is 9.55 Å². The molecular formula is C13H21O4PS2. The van der Waals surface area contributed by atoms with Crippen molar-refractivity contribution in [2.24, 2.45) is 0 Å². The van der Waals surface area contributed by atoms with E-state index in [1.165, 1.54) is 29.6 Å². The largest absolute Gasteiger partial charge is 0.368 e. The van der Waals surface area contributed by atoms with E-state index in [-0.39, 0.29) is 19.0 Å². The van der Waals surface area contributed by atoms with Gasteiger partial charge in [0.05, 0.1) is 18.1 Å². The van der Waals surface area contributed by atoms with Gasteiger partial charge in [-0.3, -0.25) is 9.36 Å². The maximum Gasteiger partial charge on any atom is 0.368 e. The fraction of sp³-hybridized carbons (Fsp3) is 0.615. The highest BCUT2D eigenvalue weighted by Gasteiger charge is 2.35. The van der Waals surface area contributed by atoms with Crippen molar-refractivity contribution in [3.63, 3.8) is 0 Å². The van der Waals surface area contributed by atoms with Crippen LogP contribution in [0.3, 0.4) is 0 Å². The molecule has 0 spiro atoms. The zero-order chi connectivity index (χ0) is 15.0. The highest BCUT2D eigenvalue weighted by molar-refractivity contribution is 8.12. The third-order valence-corrected chi connectivity index (χ3v) is 7.77. The van der Waals surface area contributed by atoms with Gasteiger partial charge in [-0.15, -0.1) is 23.5 Å². The number of ketones is 1. The van der Waals surface area contributed by atoms with Crippen LogP contribution in [0.1, 0.15) is 27.2 Å². The second-order valence-corrected chi connectivity index (χ2v) is 8.35. The first-order valence-electron chi connectivity index (χ1n) is 6.65. The van der Waals surface area contributed by atoms with E-state index in [9.17, 15) is 9.36 Å². The van der Waals surface area contributed by atoms with Crippen LogP contribution in [0.15, 0.2) is 21.7 Å². The molecule has 4 nitrogen and oxygen atoms in total. The number of thioether (sulfide) groups is 2. The monoisotopic (exact) mass is 336 g/mol. The van der Waals surface area contributed by atoms with Crippen molar-refractivity contribution in [3.05, 3.63) is 21.7 Å². The Labute approximate surface area is 129 Å². The second kappa shape index (κ2) is 9.11. The van der Waals surface area contributed by atoms with E-state index in [1.807, 2.05) is 0 Å². The normalized spacial score (nSPS) is 17.6. The maximum atomic E-state index is 12.9. The molecule has 0 aliphatic carbocycles. The van der Waals surface area contributed by atoms with Crippen molar-refractivity contribution < 1.29 is 18.4 Å². The van der Waals surface area contributed by atoms with Gasteiger partial charge in [0.15, 0.2) is 5.78 Å². The topological polar surface area (TPSA) is 52.6 Å². The fourth-order valence-electron chi connectivity index (χ4n) is 1.63. The summed E-state index contributed by atoms with van der Waals surface area (Å²) in [7, 11) is -3.39. The lowest BCUT2D eigenvalue weighted by Gasteiger charge is -2.20. The molecule has 20 heavy (non-hydrogen) atoms. The Morgan fingerprint density at radius 3 is 2.40 bits per heavy atom. The molecule has 1 rings (SSSR count). The molecule has 0 atom stereocenters. The Kier molecular flexibility index (Phi) is 8.22. The number of carbonyl (C=O) groups excluding carboxylic acids is 1. The third-order valence-electron chi connectivity index (χ3n) is 2.36. The lowest BCUT2D eigenvalue weighted by molar-refractivity contribution is -0.110. The number of allylic oxidation sites excluding steroid dienone is 3. The first kappa shape index (κ1) is 18.1. The predicted molar refractivity (Wildman–Crippen MR) is 87.2 cm³/mol. The van der Waals surface area contributed by atoms with Crippen LogP contribution >= 0.6 is 31.1 Å². The molecule has 0 aromatic carbocycles. The SMILES string of the molecule is C/C=C/C(=O)C1=C(P(=O)(OCC)OCC)SCCCS1. The highest BCUT2D eigenvalue weighted by Crippen LogP contribution is 2.63. The molecule has 0 unspecified atom stereocenters. The minimum Gasteiger partial charge on any atom is -0.305 e. The van der Waals surface area contributed by atoms with Crippen molar-refractivity contribution in [2.75, 3.05) is 24.7 Å². The van der Waals surface area contributed by atoms with Crippen molar-refractivity contribution in [3.8, 4) is 0 Å². The zero-order valence-electron chi connectivity index (χ0n) is 12.1. The van der Waals surface area contributed by atoms with Gasteiger partial charge in [0, 0.05) is 0 Å². The Morgan fingerprint density at radius 2 is 1.85 bits per heavy atom. The van der Waals surface area contributed by atoms with E-state index in [4.69, 9.17) is 9.05 Å². The first-order chi connectivity index (χ1) is 9.59. The molecule has 1 aliphatic rings. The quantitative estimate of drug-likeness (QED) is 0.506. The summed E-state index contributed by atoms with van der Waals surface area (Å²) < 4.78 is 24.2. The number of hydrogen-bond donors (Lipinski definition) is 0. The van der Waals surface area contributed by atoms with Gasteiger partial charge in [0.1, 0.15) is 4.65 Å². The van der Waals surface area contributed by atoms with E-state index >= 15 is 0 Å².